The summed E-state index contributed by atoms with van der Waals surface area (Å²) in [6, 6.07) is 11.8. The highest BCUT2D eigenvalue weighted by Gasteiger charge is 2.15. The summed E-state index contributed by atoms with van der Waals surface area (Å²) in [7, 11) is 1.67. The summed E-state index contributed by atoms with van der Waals surface area (Å²) in [5, 5.41) is 8.72. The average Bonchev–Trinajstić information content (AvgIpc) is 2.85. The van der Waals surface area contributed by atoms with E-state index in [9.17, 15) is 0 Å². The lowest BCUT2D eigenvalue weighted by Gasteiger charge is -2.08. The molecule has 1 aromatic carbocycles. The van der Waals surface area contributed by atoms with Gasteiger partial charge in [0.2, 0.25) is 0 Å². The molecular formula is C16H19N5O. The molecule has 0 aliphatic rings. The zero-order valence-electron chi connectivity index (χ0n) is 12.7. The van der Waals surface area contributed by atoms with Gasteiger partial charge in [0.1, 0.15) is 17.2 Å². The van der Waals surface area contributed by atoms with Gasteiger partial charge >= 0.3 is 0 Å². The van der Waals surface area contributed by atoms with Gasteiger partial charge in [-0.15, -0.1) is 0 Å². The van der Waals surface area contributed by atoms with Crippen molar-refractivity contribution in [3.63, 3.8) is 0 Å². The van der Waals surface area contributed by atoms with Crippen LogP contribution < -0.4 is 11.1 Å². The van der Waals surface area contributed by atoms with E-state index in [1.807, 2.05) is 43.3 Å². The molecule has 0 saturated heterocycles. The Kier molecular flexibility index (Phi) is 3.93. The topological polar surface area (TPSA) is 78.0 Å². The number of aryl methyl sites for hydroxylation is 1. The van der Waals surface area contributed by atoms with Crippen molar-refractivity contribution in [2.24, 2.45) is 0 Å². The molecule has 114 valence electrons. The molecule has 2 aromatic heterocycles. The van der Waals surface area contributed by atoms with E-state index in [1.165, 1.54) is 0 Å². The van der Waals surface area contributed by atoms with E-state index in [0.29, 0.717) is 19.0 Å². The lowest BCUT2D eigenvalue weighted by Crippen LogP contribution is -2.10. The molecule has 2 heterocycles. The monoisotopic (exact) mass is 297 g/mol. The van der Waals surface area contributed by atoms with Crippen molar-refractivity contribution in [2.75, 3.05) is 31.3 Å². The molecule has 6 heteroatoms. The lowest BCUT2D eigenvalue weighted by molar-refractivity contribution is 0.210. The van der Waals surface area contributed by atoms with Gasteiger partial charge in [-0.1, -0.05) is 18.2 Å². The number of methoxy groups -OCH3 is 1. The molecular weight excluding hydrogens is 278 g/mol. The maximum Gasteiger partial charge on any atom is 0.139 e. The average molecular weight is 297 g/mol. The third-order valence-corrected chi connectivity index (χ3v) is 3.42. The molecule has 0 atom stereocenters. The van der Waals surface area contributed by atoms with E-state index in [2.05, 4.69) is 15.4 Å². The van der Waals surface area contributed by atoms with Crippen molar-refractivity contribution in [1.82, 2.24) is 14.8 Å². The second-order valence-corrected chi connectivity index (χ2v) is 5.06. The maximum atomic E-state index is 6.32. The van der Waals surface area contributed by atoms with E-state index in [1.54, 1.807) is 11.8 Å². The second-order valence-electron chi connectivity index (χ2n) is 5.06. The Morgan fingerprint density at radius 1 is 1.27 bits per heavy atom. The van der Waals surface area contributed by atoms with Crippen molar-refractivity contribution in [2.45, 2.75) is 6.92 Å². The number of nitrogens with one attached hydrogen (secondary N) is 1. The van der Waals surface area contributed by atoms with Crippen molar-refractivity contribution in [3.8, 4) is 5.69 Å². The van der Waals surface area contributed by atoms with Crippen molar-refractivity contribution < 1.29 is 4.74 Å². The molecule has 0 radical (unpaired) electrons. The molecule has 22 heavy (non-hydrogen) atoms. The second kappa shape index (κ2) is 6.03. The number of nitrogens with two attached hydrogens (primary N) is 1. The first-order chi connectivity index (χ1) is 10.7. The van der Waals surface area contributed by atoms with Gasteiger partial charge < -0.3 is 15.8 Å². The molecule has 0 bridgehead atoms. The van der Waals surface area contributed by atoms with Crippen LogP contribution >= 0.6 is 0 Å². The van der Waals surface area contributed by atoms with Gasteiger partial charge in [-0.05, 0) is 25.1 Å². The normalized spacial score (nSPS) is 11.0. The minimum atomic E-state index is 0.577. The van der Waals surface area contributed by atoms with Crippen LogP contribution in [0.5, 0.6) is 0 Å². The molecule has 6 nitrogen and oxygen atoms in total. The number of hydrogen-bond donors (Lipinski definition) is 2. The highest BCUT2D eigenvalue weighted by molar-refractivity contribution is 5.98. The van der Waals surface area contributed by atoms with E-state index < -0.39 is 0 Å². The smallest absolute Gasteiger partial charge is 0.139 e. The Morgan fingerprint density at radius 3 is 2.77 bits per heavy atom. The zero-order chi connectivity index (χ0) is 15.5. The third-order valence-electron chi connectivity index (χ3n) is 3.42. The summed E-state index contributed by atoms with van der Waals surface area (Å²) in [6.07, 6.45) is 0. The maximum absolute atomic E-state index is 6.32. The fourth-order valence-electron chi connectivity index (χ4n) is 2.42. The standard InChI is InChI=1S/C16H19N5O/c1-11-10-13-14(16(19-11)18-8-9-22-2)15(17)21(20-13)12-6-4-3-5-7-12/h3-7,10H,8-9,17H2,1-2H3,(H,18,19). The highest BCUT2D eigenvalue weighted by atomic mass is 16.5. The van der Waals surface area contributed by atoms with E-state index >= 15 is 0 Å². The van der Waals surface area contributed by atoms with Gasteiger partial charge in [0.05, 0.1) is 17.7 Å². The van der Waals surface area contributed by atoms with E-state index in [0.717, 1.165) is 28.1 Å². The van der Waals surface area contributed by atoms with Gasteiger partial charge in [-0.3, -0.25) is 0 Å². The third kappa shape index (κ3) is 2.60. The first-order valence-corrected chi connectivity index (χ1v) is 7.15. The summed E-state index contributed by atoms with van der Waals surface area (Å²) in [6.45, 7) is 3.21. The summed E-state index contributed by atoms with van der Waals surface area (Å²) in [5.41, 5.74) is 8.96. The van der Waals surface area contributed by atoms with Crippen LogP contribution in [0.4, 0.5) is 11.6 Å². The largest absolute Gasteiger partial charge is 0.383 e. The highest BCUT2D eigenvalue weighted by Crippen LogP contribution is 2.29. The quantitative estimate of drug-likeness (QED) is 0.707. The van der Waals surface area contributed by atoms with Gasteiger partial charge in [-0.25, -0.2) is 9.67 Å². The zero-order valence-corrected chi connectivity index (χ0v) is 12.7. The van der Waals surface area contributed by atoms with E-state index in [4.69, 9.17) is 10.5 Å². The Morgan fingerprint density at radius 2 is 2.05 bits per heavy atom. The van der Waals surface area contributed by atoms with Gasteiger partial charge in [-0.2, -0.15) is 5.10 Å². The number of para-hydroxylation sites is 1. The summed E-state index contributed by atoms with van der Waals surface area (Å²) >= 11 is 0. The fourth-order valence-corrected chi connectivity index (χ4v) is 2.42. The molecule has 0 aliphatic carbocycles. The first-order valence-electron chi connectivity index (χ1n) is 7.15. The first kappa shape index (κ1) is 14.3. The van der Waals surface area contributed by atoms with Crippen LogP contribution in [0.25, 0.3) is 16.6 Å². The number of hydrogen-bond acceptors (Lipinski definition) is 5. The Bertz CT molecular complexity index is 782. The van der Waals surface area contributed by atoms with Gasteiger partial charge in [0, 0.05) is 19.3 Å². The number of fused-ring (bicyclic) bond motifs is 1. The van der Waals surface area contributed by atoms with Crippen LogP contribution in [0.1, 0.15) is 5.69 Å². The number of pyridine rings is 1. The molecule has 0 unspecified atom stereocenters. The van der Waals surface area contributed by atoms with Gasteiger partial charge in [0.15, 0.2) is 0 Å². The van der Waals surface area contributed by atoms with Crippen molar-refractivity contribution in [3.05, 3.63) is 42.1 Å². The Labute approximate surface area is 128 Å². The Hall–Kier alpha value is -2.60. The minimum absolute atomic E-state index is 0.577. The van der Waals surface area contributed by atoms with Crippen LogP contribution in [0.2, 0.25) is 0 Å². The number of anilines is 2. The Balaban J connectivity index is 2.11. The number of aromatic nitrogens is 3. The van der Waals surface area contributed by atoms with Crippen molar-refractivity contribution >= 4 is 22.5 Å². The summed E-state index contributed by atoms with van der Waals surface area (Å²) in [4.78, 5) is 4.54. The van der Waals surface area contributed by atoms with Crippen LogP contribution in [0.15, 0.2) is 36.4 Å². The van der Waals surface area contributed by atoms with Crippen LogP contribution in [-0.2, 0) is 4.74 Å². The predicted octanol–water partition coefficient (Wildman–Crippen LogP) is 2.37. The summed E-state index contributed by atoms with van der Waals surface area (Å²) < 4.78 is 6.81. The van der Waals surface area contributed by atoms with E-state index in [-0.39, 0.29) is 0 Å². The van der Waals surface area contributed by atoms with Crippen LogP contribution in [0.3, 0.4) is 0 Å². The number of nitrogen functional groups attached to an aromatic ring is 1. The van der Waals surface area contributed by atoms with Gasteiger partial charge in [0.25, 0.3) is 0 Å². The molecule has 0 saturated carbocycles. The van der Waals surface area contributed by atoms with Crippen LogP contribution in [0, 0.1) is 6.92 Å². The minimum Gasteiger partial charge on any atom is -0.383 e. The number of rotatable bonds is 5. The summed E-state index contributed by atoms with van der Waals surface area (Å²) in [5.74, 6) is 1.32. The fraction of sp³-hybridized carbons (Fsp3) is 0.250. The molecule has 0 spiro atoms. The molecule has 3 rings (SSSR count). The predicted molar refractivity (Wildman–Crippen MR) is 88.4 cm³/mol. The number of nitrogens with zero attached hydrogens (tertiary/aromatic N) is 3. The number of ether oxygens (including phenoxy) is 1. The van der Waals surface area contributed by atoms with Crippen LogP contribution in [-0.4, -0.2) is 35.0 Å². The number of benzene rings is 1. The molecule has 0 aliphatic heterocycles. The van der Waals surface area contributed by atoms with Crippen molar-refractivity contribution in [1.29, 1.82) is 0 Å². The molecule has 0 fully saturated rings. The molecule has 3 aromatic rings. The lowest BCUT2D eigenvalue weighted by atomic mass is 10.2. The molecule has 3 N–H and O–H groups in total. The SMILES string of the molecule is COCCNc1nc(C)cc2nn(-c3ccccc3)c(N)c12. The molecule has 0 amide bonds.